The third kappa shape index (κ3) is 5.28. The molecule has 110 valence electrons. The van der Waals surface area contributed by atoms with Crippen molar-refractivity contribution in [2.24, 2.45) is 5.92 Å². The average Bonchev–Trinajstić information content (AvgIpc) is 2.32. The van der Waals surface area contributed by atoms with E-state index >= 15 is 0 Å². The van der Waals surface area contributed by atoms with Gasteiger partial charge in [0, 0.05) is 6.54 Å². The summed E-state index contributed by atoms with van der Waals surface area (Å²) in [5, 5.41) is 8.83. The van der Waals surface area contributed by atoms with Crippen molar-refractivity contribution in [3.05, 3.63) is 34.1 Å². The number of carboxylic acids is 1. The molecule has 0 spiro atoms. The zero-order valence-corrected chi connectivity index (χ0v) is 13.0. The Labute approximate surface area is 125 Å². The number of carbonyl (C=O) groups is 2. The van der Waals surface area contributed by atoms with Crippen LogP contribution in [0.15, 0.2) is 22.7 Å². The predicted molar refractivity (Wildman–Crippen MR) is 76.9 cm³/mol. The molecule has 0 aromatic heterocycles. The first-order chi connectivity index (χ1) is 9.29. The van der Waals surface area contributed by atoms with Gasteiger partial charge in [0.15, 0.2) is 0 Å². The molecule has 1 aromatic rings. The molecule has 0 unspecified atom stereocenters. The summed E-state index contributed by atoms with van der Waals surface area (Å²) in [7, 11) is 0. The zero-order valence-electron chi connectivity index (χ0n) is 11.4. The van der Waals surface area contributed by atoms with Gasteiger partial charge in [-0.2, -0.15) is 0 Å². The molecule has 4 nitrogen and oxygen atoms in total. The molecule has 1 N–H and O–H groups in total. The molecule has 0 bridgehead atoms. The topological polar surface area (TPSA) is 57.6 Å². The summed E-state index contributed by atoms with van der Waals surface area (Å²) in [4.78, 5) is 24.2. The zero-order chi connectivity index (χ0) is 15.3. The molecule has 0 saturated carbocycles. The Bertz CT molecular complexity index is 505. The van der Waals surface area contributed by atoms with Crippen LogP contribution in [0.1, 0.15) is 19.4 Å². The fourth-order valence-corrected chi connectivity index (χ4v) is 2.04. The smallest absolute Gasteiger partial charge is 0.323 e. The van der Waals surface area contributed by atoms with E-state index in [0.29, 0.717) is 16.6 Å². The van der Waals surface area contributed by atoms with Crippen LogP contribution in [0.2, 0.25) is 0 Å². The second-order valence-corrected chi connectivity index (χ2v) is 5.84. The second kappa shape index (κ2) is 7.38. The summed E-state index contributed by atoms with van der Waals surface area (Å²) in [5.74, 6) is -1.65. The number of amides is 1. The molecule has 1 rings (SSSR count). The Morgan fingerprint density at radius 3 is 2.55 bits per heavy atom. The first kappa shape index (κ1) is 16.6. The Kier molecular flexibility index (Phi) is 6.13. The summed E-state index contributed by atoms with van der Waals surface area (Å²) in [6.45, 7) is 3.84. The van der Waals surface area contributed by atoms with Crippen LogP contribution in [0.25, 0.3) is 0 Å². The van der Waals surface area contributed by atoms with E-state index in [1.807, 2.05) is 13.8 Å². The first-order valence-electron chi connectivity index (χ1n) is 6.23. The molecule has 1 amide bonds. The van der Waals surface area contributed by atoms with Gasteiger partial charge in [-0.05, 0) is 39.5 Å². The fourth-order valence-electron chi connectivity index (χ4n) is 1.79. The molecular weight excluding hydrogens is 329 g/mol. The minimum absolute atomic E-state index is 0.00972. The van der Waals surface area contributed by atoms with Crippen molar-refractivity contribution in [2.75, 3.05) is 13.1 Å². The largest absolute Gasteiger partial charge is 0.480 e. The normalized spacial score (nSPS) is 10.7. The van der Waals surface area contributed by atoms with Crippen LogP contribution in [0.3, 0.4) is 0 Å². The average molecular weight is 346 g/mol. The highest BCUT2D eigenvalue weighted by Gasteiger charge is 2.18. The SMILES string of the molecule is CC(C)CN(CC(=O)O)C(=O)Cc1ccc(Br)c(F)c1. The lowest BCUT2D eigenvalue weighted by atomic mass is 10.1. The number of halogens is 2. The number of rotatable bonds is 6. The van der Waals surface area contributed by atoms with E-state index in [2.05, 4.69) is 15.9 Å². The Hall–Kier alpha value is -1.43. The monoisotopic (exact) mass is 345 g/mol. The minimum atomic E-state index is -1.05. The highest BCUT2D eigenvalue weighted by atomic mass is 79.9. The minimum Gasteiger partial charge on any atom is -0.480 e. The van der Waals surface area contributed by atoms with Crippen LogP contribution in [0.4, 0.5) is 4.39 Å². The molecule has 0 atom stereocenters. The van der Waals surface area contributed by atoms with Crippen molar-refractivity contribution >= 4 is 27.8 Å². The van der Waals surface area contributed by atoms with Gasteiger partial charge < -0.3 is 10.0 Å². The fraction of sp³-hybridized carbons (Fsp3) is 0.429. The van der Waals surface area contributed by atoms with Crippen molar-refractivity contribution in [1.29, 1.82) is 0 Å². The molecule has 0 aliphatic carbocycles. The van der Waals surface area contributed by atoms with Crippen molar-refractivity contribution in [1.82, 2.24) is 4.90 Å². The van der Waals surface area contributed by atoms with E-state index in [9.17, 15) is 14.0 Å². The molecule has 20 heavy (non-hydrogen) atoms. The molecule has 0 aliphatic heterocycles. The summed E-state index contributed by atoms with van der Waals surface area (Å²) >= 11 is 3.04. The van der Waals surface area contributed by atoms with Crippen molar-refractivity contribution in [3.8, 4) is 0 Å². The van der Waals surface area contributed by atoms with E-state index in [1.165, 1.54) is 17.0 Å². The van der Waals surface area contributed by atoms with Gasteiger partial charge in [-0.15, -0.1) is 0 Å². The summed E-state index contributed by atoms with van der Waals surface area (Å²) < 4.78 is 13.7. The molecule has 0 aliphatic rings. The van der Waals surface area contributed by atoms with Gasteiger partial charge in [-0.3, -0.25) is 9.59 Å². The summed E-state index contributed by atoms with van der Waals surface area (Å²) in [6.07, 6.45) is -0.00972. The third-order valence-corrected chi connectivity index (χ3v) is 3.25. The Balaban J connectivity index is 2.78. The third-order valence-electron chi connectivity index (χ3n) is 2.60. The van der Waals surface area contributed by atoms with E-state index < -0.39 is 11.8 Å². The first-order valence-corrected chi connectivity index (χ1v) is 7.02. The molecular formula is C14H17BrFNO3. The summed E-state index contributed by atoms with van der Waals surface area (Å²) in [6, 6.07) is 4.44. The Morgan fingerprint density at radius 1 is 1.40 bits per heavy atom. The van der Waals surface area contributed by atoms with Crippen LogP contribution in [-0.2, 0) is 16.0 Å². The maximum Gasteiger partial charge on any atom is 0.323 e. The van der Waals surface area contributed by atoms with Gasteiger partial charge in [0.2, 0.25) is 5.91 Å². The molecule has 0 heterocycles. The lowest BCUT2D eigenvalue weighted by Crippen LogP contribution is -2.39. The molecule has 0 fully saturated rings. The predicted octanol–water partition coefficient (Wildman–Crippen LogP) is 2.70. The molecule has 6 heteroatoms. The maximum atomic E-state index is 13.4. The van der Waals surface area contributed by atoms with Crippen molar-refractivity contribution in [3.63, 3.8) is 0 Å². The van der Waals surface area contributed by atoms with Gasteiger partial charge in [-0.1, -0.05) is 19.9 Å². The maximum absolute atomic E-state index is 13.4. The van der Waals surface area contributed by atoms with Crippen LogP contribution in [-0.4, -0.2) is 35.0 Å². The summed E-state index contributed by atoms with van der Waals surface area (Å²) in [5.41, 5.74) is 0.523. The van der Waals surface area contributed by atoms with Gasteiger partial charge in [-0.25, -0.2) is 4.39 Å². The van der Waals surface area contributed by atoms with Crippen molar-refractivity contribution in [2.45, 2.75) is 20.3 Å². The van der Waals surface area contributed by atoms with Gasteiger partial charge in [0.25, 0.3) is 0 Å². The van der Waals surface area contributed by atoms with E-state index in [0.717, 1.165) is 0 Å². The number of nitrogens with zero attached hydrogens (tertiary/aromatic N) is 1. The number of benzene rings is 1. The number of hydrogen-bond acceptors (Lipinski definition) is 2. The highest BCUT2D eigenvalue weighted by molar-refractivity contribution is 9.10. The molecule has 0 radical (unpaired) electrons. The number of hydrogen-bond donors (Lipinski definition) is 1. The lowest BCUT2D eigenvalue weighted by Gasteiger charge is -2.22. The van der Waals surface area contributed by atoms with Crippen LogP contribution < -0.4 is 0 Å². The number of aliphatic carboxylic acids is 1. The van der Waals surface area contributed by atoms with Gasteiger partial charge in [0.05, 0.1) is 10.9 Å². The molecule has 1 aromatic carbocycles. The van der Waals surface area contributed by atoms with Crippen LogP contribution in [0.5, 0.6) is 0 Å². The van der Waals surface area contributed by atoms with E-state index in [4.69, 9.17) is 5.11 Å². The highest BCUT2D eigenvalue weighted by Crippen LogP contribution is 2.17. The quantitative estimate of drug-likeness (QED) is 0.862. The van der Waals surface area contributed by atoms with Crippen LogP contribution >= 0.6 is 15.9 Å². The Morgan fingerprint density at radius 2 is 2.05 bits per heavy atom. The second-order valence-electron chi connectivity index (χ2n) is 4.99. The van der Waals surface area contributed by atoms with E-state index in [1.54, 1.807) is 6.07 Å². The standard InChI is InChI=1S/C14H17BrFNO3/c1-9(2)7-17(8-14(19)20)13(18)6-10-3-4-11(15)12(16)5-10/h3-5,9H,6-8H2,1-2H3,(H,19,20). The number of carboxylic acid groups (broad SMARTS) is 1. The lowest BCUT2D eigenvalue weighted by molar-refractivity contribution is -0.144. The van der Waals surface area contributed by atoms with Gasteiger partial charge in [0.1, 0.15) is 12.4 Å². The van der Waals surface area contributed by atoms with Crippen LogP contribution in [0, 0.1) is 11.7 Å². The van der Waals surface area contributed by atoms with Gasteiger partial charge >= 0.3 is 5.97 Å². The van der Waals surface area contributed by atoms with E-state index in [-0.39, 0.29) is 24.8 Å². The molecule has 0 saturated heterocycles. The number of carbonyl (C=O) groups excluding carboxylic acids is 1. The van der Waals surface area contributed by atoms with Crippen molar-refractivity contribution < 1.29 is 19.1 Å².